The van der Waals surface area contributed by atoms with Gasteiger partial charge in [-0.15, -0.1) is 0 Å². The van der Waals surface area contributed by atoms with E-state index in [0.29, 0.717) is 11.0 Å². The highest BCUT2D eigenvalue weighted by Crippen LogP contribution is 2.44. The van der Waals surface area contributed by atoms with Crippen molar-refractivity contribution in [3.05, 3.63) is 23.3 Å². The number of carbonyl (C=O) groups is 1. The highest BCUT2D eigenvalue weighted by molar-refractivity contribution is 5.76. The number of fused-ring (bicyclic) bond motifs is 3. The Bertz CT molecular complexity index is 1410. The van der Waals surface area contributed by atoms with Crippen molar-refractivity contribution in [3.8, 4) is 11.5 Å². The zero-order valence-electron chi connectivity index (χ0n) is 35.0. The Hall–Kier alpha value is -1.79. The van der Waals surface area contributed by atoms with Crippen LogP contribution in [-0.4, -0.2) is 50.1 Å². The van der Waals surface area contributed by atoms with Gasteiger partial charge in [-0.1, -0.05) is 27.6 Å². The Kier molecular flexibility index (Phi) is 2.86. The summed E-state index contributed by atoms with van der Waals surface area (Å²) in [5.74, 6) is -8.78. The van der Waals surface area contributed by atoms with E-state index in [1.807, 2.05) is 0 Å². The lowest BCUT2D eigenvalue weighted by Gasteiger charge is -2.47. The molecule has 168 valence electrons. The smallest absolute Gasteiger partial charge is 0.323 e. The summed E-state index contributed by atoms with van der Waals surface area (Å²) in [6, 6.07) is -2.75. The lowest BCUT2D eigenvalue weighted by Crippen LogP contribution is -2.51. The molecule has 3 rings (SSSR count). The average Bonchev–Trinajstić information content (AvgIpc) is 2.84. The quantitative estimate of drug-likeness (QED) is 0.659. The van der Waals surface area contributed by atoms with Crippen LogP contribution < -0.4 is 15.2 Å². The molecule has 0 saturated carbocycles. The fourth-order valence-corrected chi connectivity index (χ4v) is 3.29. The lowest BCUT2D eigenvalue weighted by atomic mass is 9.79. The number of carbonyl (C=O) groups excluding carboxylic acids is 1. The van der Waals surface area contributed by atoms with Crippen molar-refractivity contribution < 1.29 is 43.7 Å². The van der Waals surface area contributed by atoms with Gasteiger partial charge in [0.15, 0.2) is 11.5 Å². The van der Waals surface area contributed by atoms with Crippen molar-refractivity contribution in [1.82, 2.24) is 4.90 Å². The molecule has 5 atom stereocenters. The summed E-state index contributed by atoms with van der Waals surface area (Å²) >= 11 is 0. The average molecular weight is 437 g/mol. The van der Waals surface area contributed by atoms with E-state index in [4.69, 9.17) is 41.9 Å². The Morgan fingerprint density at radius 3 is 2.80 bits per heavy atom. The summed E-state index contributed by atoms with van der Waals surface area (Å²) in [5.41, 5.74) is 4.63. The number of esters is 1. The number of benzene rings is 1. The summed E-state index contributed by atoms with van der Waals surface area (Å²) in [4.78, 5) is 13.7. The Morgan fingerprint density at radius 1 is 1.40 bits per heavy atom. The van der Waals surface area contributed by atoms with Gasteiger partial charge in [-0.05, 0) is 47.8 Å². The first-order valence-electron chi connectivity index (χ1n) is 18.4. The largest absolute Gasteiger partial charge is 0.493 e. The fourth-order valence-electron chi connectivity index (χ4n) is 3.29. The molecule has 2 aliphatic rings. The van der Waals surface area contributed by atoms with Crippen molar-refractivity contribution in [2.75, 3.05) is 27.1 Å². The fraction of sp³-hybridized carbons (Fsp3) is 0.708. The number of aryl methyl sites for hydroxylation is 1. The summed E-state index contributed by atoms with van der Waals surface area (Å²) in [6.07, 6.45) is -10.7. The maximum Gasteiger partial charge on any atom is 0.323 e. The zero-order valence-corrected chi connectivity index (χ0v) is 17.0. The van der Waals surface area contributed by atoms with Crippen LogP contribution in [0, 0.1) is 17.7 Å². The van der Waals surface area contributed by atoms with E-state index in [1.54, 1.807) is 0 Å². The second kappa shape index (κ2) is 9.56. The first-order valence-corrected chi connectivity index (χ1v) is 9.40. The number of piperidine rings is 1. The van der Waals surface area contributed by atoms with Gasteiger partial charge < -0.3 is 19.9 Å². The predicted octanol–water partition coefficient (Wildman–Crippen LogP) is 3.56. The minimum Gasteiger partial charge on any atom is -0.493 e. The van der Waals surface area contributed by atoms with Crippen molar-refractivity contribution >= 4 is 5.97 Å². The number of methoxy groups -OCH3 is 2. The van der Waals surface area contributed by atoms with Gasteiger partial charge >= 0.3 is 5.97 Å². The molecule has 2 N–H and O–H groups in total. The number of rotatable bonds is 7. The van der Waals surface area contributed by atoms with E-state index in [2.05, 4.69) is 0 Å². The third kappa shape index (κ3) is 4.75. The first-order chi connectivity index (χ1) is 21.1. The van der Waals surface area contributed by atoms with Gasteiger partial charge in [0.1, 0.15) is 12.1 Å². The van der Waals surface area contributed by atoms with Crippen molar-refractivity contribution in [2.45, 2.75) is 64.9 Å². The van der Waals surface area contributed by atoms with Gasteiger partial charge in [-0.25, -0.2) is 0 Å². The standard InChI is InChI=1S/C24H38N2O4/c1-14(2)9-17-13-26-8-7-16-10-21(28-5)22(29-6)11-18(16)19(26)12-20(17)30-24(27)23(25)15(3)4/h10-11,14-15,17,19-20,23H,7-9,12-13,25H2,1-6H3/t17?,19?,20?,23-/m0/s1/i1D3,5D3,6D3,7D2,8D2,9D2,14D,19D,20D/t14?,17?,19?,20?,23-. The zero-order chi connectivity index (χ0) is 37.6. The van der Waals surface area contributed by atoms with Crippen molar-refractivity contribution in [1.29, 1.82) is 0 Å². The van der Waals surface area contributed by atoms with Gasteiger partial charge in [0.2, 0.25) is 0 Å². The van der Waals surface area contributed by atoms with Crippen LogP contribution in [-0.2, 0) is 15.9 Å². The monoisotopic (exact) mass is 436 g/mol. The molecule has 1 fully saturated rings. The van der Waals surface area contributed by atoms with E-state index in [0.717, 1.165) is 13.0 Å². The van der Waals surface area contributed by atoms with Gasteiger partial charge in [-0.2, -0.15) is 0 Å². The van der Waals surface area contributed by atoms with Gasteiger partial charge in [0.05, 0.1) is 25.0 Å². The number of hydrogen-bond donors (Lipinski definition) is 1. The van der Waals surface area contributed by atoms with E-state index in [1.165, 1.54) is 13.8 Å². The maximum absolute atomic E-state index is 13.2. The predicted molar refractivity (Wildman–Crippen MR) is 118 cm³/mol. The Balaban J connectivity index is 2.43. The van der Waals surface area contributed by atoms with Crippen molar-refractivity contribution in [2.24, 2.45) is 23.5 Å². The molecule has 1 aromatic carbocycles. The van der Waals surface area contributed by atoms with E-state index >= 15 is 0 Å². The van der Waals surface area contributed by atoms with E-state index in [-0.39, 0.29) is 0 Å². The highest BCUT2D eigenvalue weighted by atomic mass is 16.5. The summed E-state index contributed by atoms with van der Waals surface area (Å²) < 4.78 is 165. The molecule has 0 radical (unpaired) electrons. The Labute approximate surface area is 206 Å². The van der Waals surface area contributed by atoms with Crippen LogP contribution in [0.3, 0.4) is 0 Å². The second-order valence-electron chi connectivity index (χ2n) is 7.50. The molecule has 0 spiro atoms. The highest BCUT2D eigenvalue weighted by Gasteiger charge is 2.41. The molecule has 6 nitrogen and oxygen atoms in total. The molecule has 4 unspecified atom stereocenters. The molecule has 0 aromatic heterocycles. The van der Waals surface area contributed by atoms with Crippen molar-refractivity contribution in [3.63, 3.8) is 0 Å². The molecule has 1 aromatic rings. The summed E-state index contributed by atoms with van der Waals surface area (Å²) in [7, 11) is -6.48. The van der Waals surface area contributed by atoms with Crippen LogP contribution >= 0.6 is 0 Å². The molecular weight excluding hydrogens is 380 g/mol. The molecule has 30 heavy (non-hydrogen) atoms. The van der Waals surface area contributed by atoms with Crippen LogP contribution in [0.25, 0.3) is 0 Å². The minimum absolute atomic E-state index is 0.479. The van der Waals surface area contributed by atoms with Crippen LogP contribution in [0.1, 0.15) is 82.2 Å². The van der Waals surface area contributed by atoms with Gasteiger partial charge in [0, 0.05) is 45.1 Å². The van der Waals surface area contributed by atoms with Crippen LogP contribution in [0.15, 0.2) is 12.1 Å². The molecule has 0 amide bonds. The summed E-state index contributed by atoms with van der Waals surface area (Å²) in [6.45, 7) is -4.07. The molecule has 2 heterocycles. The molecule has 1 saturated heterocycles. The maximum atomic E-state index is 13.2. The van der Waals surface area contributed by atoms with E-state index in [9.17, 15) is 7.54 Å². The molecular formula is C24H38N2O4. The molecule has 0 aliphatic carbocycles. The minimum atomic E-state index is -3.35. The molecule has 6 heteroatoms. The number of hydrogen-bond acceptors (Lipinski definition) is 6. The number of nitrogens with zero attached hydrogens (tertiary/aromatic N) is 1. The third-order valence-corrected chi connectivity index (χ3v) is 4.97. The van der Waals surface area contributed by atoms with Gasteiger partial charge in [-0.3, -0.25) is 9.69 Å². The summed E-state index contributed by atoms with van der Waals surface area (Å²) in [5, 5.41) is 0. The van der Waals surface area contributed by atoms with E-state index < -0.39 is 118 Å². The second-order valence-corrected chi connectivity index (χ2v) is 7.50. The lowest BCUT2D eigenvalue weighted by molar-refractivity contribution is -0.160. The van der Waals surface area contributed by atoms with Gasteiger partial charge in [0.25, 0.3) is 0 Å². The molecule has 2 aliphatic heterocycles. The first kappa shape index (κ1) is 8.99. The SMILES string of the molecule is [2H]C([2H])([2H])Oc1cc2c(cc1OC([2H])([2H])[2H])C([2H])([2H])C([2H])([2H])N1CC(C([2H])([2H])C([2H])(C)C([2H])([2H])[2H])C([2H])(OC(=O)[C@@H](N)C(C)C)CC21[2H]. The number of nitrogens with two attached hydrogens (primary N) is 1. The van der Waals surface area contributed by atoms with Crippen LogP contribution in [0.2, 0.25) is 0 Å². The third-order valence-electron chi connectivity index (χ3n) is 4.97. The number of ether oxygens (including phenoxy) is 3. The molecule has 0 bridgehead atoms. The Morgan fingerprint density at radius 2 is 2.13 bits per heavy atom. The normalized spacial score (nSPS) is 45.7. The van der Waals surface area contributed by atoms with Crippen LogP contribution in [0.4, 0.5) is 0 Å². The van der Waals surface area contributed by atoms with Crippen LogP contribution in [0.5, 0.6) is 11.5 Å². The topological polar surface area (TPSA) is 74.0 Å².